The van der Waals surface area contributed by atoms with E-state index in [1.54, 1.807) is 11.4 Å². The maximum atomic E-state index is 10.6. The molecule has 0 aliphatic heterocycles. The molecule has 0 fully saturated rings. The van der Waals surface area contributed by atoms with E-state index in [4.69, 9.17) is 9.63 Å². The molecule has 0 unspecified atom stereocenters. The molecule has 78 valence electrons. The molecule has 0 bridgehead atoms. The van der Waals surface area contributed by atoms with Gasteiger partial charge in [0.05, 0.1) is 5.75 Å². The number of hydrogen-bond acceptors (Lipinski definition) is 6. The summed E-state index contributed by atoms with van der Waals surface area (Å²) in [6.45, 7) is 0. The third-order valence-electron chi connectivity index (χ3n) is 1.56. The van der Waals surface area contributed by atoms with Crippen LogP contribution in [0.25, 0.3) is 0 Å². The summed E-state index contributed by atoms with van der Waals surface area (Å²) in [7, 11) is 0. The minimum Gasteiger partial charge on any atom is -0.477 e. The van der Waals surface area contributed by atoms with Gasteiger partial charge >= 0.3 is 5.97 Å². The first-order chi connectivity index (χ1) is 7.25. The van der Waals surface area contributed by atoms with Crippen LogP contribution in [-0.2, 0) is 5.75 Å². The lowest BCUT2D eigenvalue weighted by atomic mass is 10.5. The molecule has 5 nitrogen and oxygen atoms in total. The van der Waals surface area contributed by atoms with Crippen molar-refractivity contribution in [2.24, 2.45) is 0 Å². The fraction of sp³-hybridized carbons (Fsp3) is 0.125. The fourth-order valence-corrected chi connectivity index (χ4v) is 2.63. The van der Waals surface area contributed by atoms with Crippen molar-refractivity contribution in [3.05, 3.63) is 28.5 Å². The summed E-state index contributed by atoms with van der Waals surface area (Å²) in [4.78, 5) is 15.7. The Hall–Kier alpha value is -1.34. The lowest BCUT2D eigenvalue weighted by Crippen LogP contribution is -1.89. The Kier molecular flexibility index (Phi) is 3.02. The molecule has 0 radical (unpaired) electrons. The van der Waals surface area contributed by atoms with Gasteiger partial charge in [0, 0.05) is 10.3 Å². The largest absolute Gasteiger partial charge is 0.477 e. The van der Waals surface area contributed by atoms with Crippen molar-refractivity contribution in [1.82, 2.24) is 10.1 Å². The van der Waals surface area contributed by atoms with Gasteiger partial charge in [-0.2, -0.15) is 4.98 Å². The van der Waals surface area contributed by atoms with Crippen LogP contribution in [0.3, 0.4) is 0 Å². The highest BCUT2D eigenvalue weighted by Gasteiger charge is 2.08. The molecule has 2 rings (SSSR count). The Morgan fingerprint density at radius 3 is 3.13 bits per heavy atom. The van der Waals surface area contributed by atoms with E-state index in [1.165, 1.54) is 29.4 Å². The standard InChI is InChI=1S/C8H6N2O3S2/c11-8(12)6-1-5(2-15-6)14-3-7-9-4-10-13-7/h1-2,4H,3H2,(H,11,12). The number of aromatic carboxylic acids is 1. The van der Waals surface area contributed by atoms with Gasteiger partial charge in [-0.3, -0.25) is 0 Å². The Balaban J connectivity index is 1.96. The van der Waals surface area contributed by atoms with Gasteiger partial charge in [-0.15, -0.1) is 23.1 Å². The van der Waals surface area contributed by atoms with Gasteiger partial charge in [-0.1, -0.05) is 5.16 Å². The molecule has 0 amide bonds. The molecule has 0 aliphatic rings. The van der Waals surface area contributed by atoms with Gasteiger partial charge in [0.15, 0.2) is 6.33 Å². The van der Waals surface area contributed by atoms with Crippen LogP contribution in [0.1, 0.15) is 15.6 Å². The number of hydrogen-bond donors (Lipinski definition) is 1. The summed E-state index contributed by atoms with van der Waals surface area (Å²) < 4.78 is 4.81. The third kappa shape index (κ3) is 2.57. The van der Waals surface area contributed by atoms with E-state index in [9.17, 15) is 4.79 Å². The van der Waals surface area contributed by atoms with Crippen molar-refractivity contribution >= 4 is 29.1 Å². The highest BCUT2D eigenvalue weighted by Crippen LogP contribution is 2.27. The Bertz CT molecular complexity index is 452. The second-order valence-electron chi connectivity index (χ2n) is 2.58. The number of carboxylic acids is 1. The van der Waals surface area contributed by atoms with Crippen molar-refractivity contribution < 1.29 is 14.4 Å². The number of carbonyl (C=O) groups is 1. The van der Waals surface area contributed by atoms with Crippen LogP contribution in [-0.4, -0.2) is 21.2 Å². The van der Waals surface area contributed by atoms with E-state index in [-0.39, 0.29) is 0 Å². The predicted octanol–water partition coefficient (Wildman–Crippen LogP) is 2.12. The number of thioether (sulfide) groups is 1. The minimum atomic E-state index is -0.898. The van der Waals surface area contributed by atoms with Gasteiger partial charge in [0.1, 0.15) is 4.88 Å². The SMILES string of the molecule is O=C(O)c1cc(SCc2ncno2)cs1. The second-order valence-corrected chi connectivity index (χ2v) is 4.54. The summed E-state index contributed by atoms with van der Waals surface area (Å²) in [6.07, 6.45) is 1.34. The average Bonchev–Trinajstić information content (AvgIpc) is 2.86. The maximum Gasteiger partial charge on any atom is 0.345 e. The van der Waals surface area contributed by atoms with E-state index in [0.29, 0.717) is 16.5 Å². The monoisotopic (exact) mass is 242 g/mol. The van der Waals surface area contributed by atoms with E-state index >= 15 is 0 Å². The molecule has 0 aliphatic carbocycles. The van der Waals surface area contributed by atoms with Crippen LogP contribution in [0.4, 0.5) is 0 Å². The Morgan fingerprint density at radius 2 is 2.53 bits per heavy atom. The van der Waals surface area contributed by atoms with Gasteiger partial charge in [0.2, 0.25) is 5.89 Å². The Labute approximate surface area is 93.1 Å². The van der Waals surface area contributed by atoms with Crippen molar-refractivity contribution in [3.8, 4) is 0 Å². The van der Waals surface area contributed by atoms with Crippen LogP contribution in [0.5, 0.6) is 0 Å². The molecule has 0 atom stereocenters. The zero-order valence-corrected chi connectivity index (χ0v) is 9.05. The lowest BCUT2D eigenvalue weighted by Gasteiger charge is -1.91. The first kappa shape index (κ1) is 10.2. The molecule has 0 aromatic carbocycles. The van der Waals surface area contributed by atoms with Gasteiger partial charge in [0.25, 0.3) is 0 Å². The molecule has 0 saturated heterocycles. The predicted molar refractivity (Wildman–Crippen MR) is 55.1 cm³/mol. The number of carboxylic acid groups (broad SMARTS) is 1. The molecule has 7 heteroatoms. The van der Waals surface area contributed by atoms with Crippen molar-refractivity contribution in [1.29, 1.82) is 0 Å². The summed E-state index contributed by atoms with van der Waals surface area (Å²) in [5.74, 6) is 0.184. The summed E-state index contributed by atoms with van der Waals surface area (Å²) >= 11 is 2.68. The maximum absolute atomic E-state index is 10.6. The molecule has 2 aromatic heterocycles. The first-order valence-electron chi connectivity index (χ1n) is 3.96. The lowest BCUT2D eigenvalue weighted by molar-refractivity contribution is 0.0702. The molecule has 2 heterocycles. The zero-order chi connectivity index (χ0) is 10.7. The van der Waals surface area contributed by atoms with Crippen LogP contribution >= 0.6 is 23.1 Å². The highest BCUT2D eigenvalue weighted by atomic mass is 32.2. The Morgan fingerprint density at radius 1 is 1.67 bits per heavy atom. The number of nitrogens with zero attached hydrogens (tertiary/aromatic N) is 2. The van der Waals surface area contributed by atoms with Crippen molar-refractivity contribution in [2.75, 3.05) is 0 Å². The summed E-state index contributed by atoms with van der Waals surface area (Å²) in [5, 5.41) is 14.0. The third-order valence-corrected chi connectivity index (χ3v) is 3.58. The molecule has 1 N–H and O–H groups in total. The van der Waals surface area contributed by atoms with Crippen LogP contribution < -0.4 is 0 Å². The van der Waals surface area contributed by atoms with Crippen LogP contribution in [0, 0.1) is 0 Å². The highest BCUT2D eigenvalue weighted by molar-refractivity contribution is 7.98. The first-order valence-corrected chi connectivity index (χ1v) is 5.82. The second kappa shape index (κ2) is 4.45. The molecule has 0 spiro atoms. The normalized spacial score (nSPS) is 10.4. The van der Waals surface area contributed by atoms with E-state index in [0.717, 1.165) is 4.90 Å². The number of thiophene rings is 1. The molecule has 0 saturated carbocycles. The number of aromatic nitrogens is 2. The summed E-state index contributed by atoms with van der Waals surface area (Å²) in [6, 6.07) is 1.63. The van der Waals surface area contributed by atoms with Crippen molar-refractivity contribution in [2.45, 2.75) is 10.6 Å². The minimum absolute atomic E-state index is 0.336. The van der Waals surface area contributed by atoms with E-state index < -0.39 is 5.97 Å². The van der Waals surface area contributed by atoms with Crippen LogP contribution in [0.15, 0.2) is 27.2 Å². The fourth-order valence-electron chi connectivity index (χ4n) is 0.911. The quantitative estimate of drug-likeness (QED) is 0.827. The number of rotatable bonds is 4. The topological polar surface area (TPSA) is 76.2 Å². The summed E-state index contributed by atoms with van der Waals surface area (Å²) in [5.41, 5.74) is 0. The van der Waals surface area contributed by atoms with Crippen molar-refractivity contribution in [3.63, 3.8) is 0 Å². The smallest absolute Gasteiger partial charge is 0.345 e. The zero-order valence-electron chi connectivity index (χ0n) is 7.41. The van der Waals surface area contributed by atoms with Gasteiger partial charge in [-0.25, -0.2) is 4.79 Å². The van der Waals surface area contributed by atoms with E-state index in [1.807, 2.05) is 0 Å². The van der Waals surface area contributed by atoms with Crippen LogP contribution in [0.2, 0.25) is 0 Å². The van der Waals surface area contributed by atoms with E-state index in [2.05, 4.69) is 10.1 Å². The molecule has 2 aromatic rings. The molecular weight excluding hydrogens is 236 g/mol. The molecular formula is C8H6N2O3S2. The average molecular weight is 242 g/mol. The van der Waals surface area contributed by atoms with Gasteiger partial charge in [-0.05, 0) is 6.07 Å². The van der Waals surface area contributed by atoms with Gasteiger partial charge < -0.3 is 9.63 Å². The molecule has 15 heavy (non-hydrogen) atoms.